The molecule has 9 heteroatoms. The number of likely N-dealkylation sites (N-methyl/N-ethyl adjacent to an activating group) is 1. The van der Waals surface area contributed by atoms with Crippen LogP contribution in [0.4, 0.5) is 13.2 Å². The molecule has 30 heavy (non-hydrogen) atoms. The summed E-state index contributed by atoms with van der Waals surface area (Å²) in [5, 5.41) is 2.97. The quantitative estimate of drug-likeness (QED) is 0.614. The highest BCUT2D eigenvalue weighted by atomic mass is 35.5. The number of hydrogen-bond acceptors (Lipinski definition) is 3. The molecule has 0 saturated carbocycles. The highest BCUT2D eigenvalue weighted by molar-refractivity contribution is 7.98. The number of carbonyl (C=O) groups excluding carboxylic acids is 2. The maximum absolute atomic E-state index is 12.9. The van der Waals surface area contributed by atoms with E-state index in [9.17, 15) is 22.8 Å². The summed E-state index contributed by atoms with van der Waals surface area (Å²) in [6, 6.07) is 10.5. The second-order valence-electron chi connectivity index (χ2n) is 6.68. The first kappa shape index (κ1) is 24.1. The fourth-order valence-corrected chi connectivity index (χ4v) is 3.53. The van der Waals surface area contributed by atoms with Crippen LogP contribution >= 0.6 is 23.4 Å². The summed E-state index contributed by atoms with van der Waals surface area (Å²) in [6.45, 7) is -0.0134. The molecule has 0 saturated heterocycles. The van der Waals surface area contributed by atoms with Crippen LogP contribution in [0.2, 0.25) is 5.02 Å². The predicted octanol–water partition coefficient (Wildman–Crippen LogP) is 4.87. The second-order valence-corrected chi connectivity index (χ2v) is 8.07. The van der Waals surface area contributed by atoms with Gasteiger partial charge in [-0.05, 0) is 48.3 Å². The van der Waals surface area contributed by atoms with Crippen molar-refractivity contribution in [3.63, 3.8) is 0 Å². The Morgan fingerprint density at radius 2 is 1.87 bits per heavy atom. The summed E-state index contributed by atoms with van der Waals surface area (Å²) < 4.78 is 38.8. The molecule has 2 amide bonds. The number of benzene rings is 2. The Bertz CT molecular complexity index is 893. The lowest BCUT2D eigenvalue weighted by Crippen LogP contribution is -2.47. The first-order chi connectivity index (χ1) is 14.1. The van der Waals surface area contributed by atoms with E-state index < -0.39 is 23.7 Å². The van der Waals surface area contributed by atoms with Crippen LogP contribution in [-0.2, 0) is 17.5 Å². The Morgan fingerprint density at radius 1 is 1.17 bits per heavy atom. The van der Waals surface area contributed by atoms with Gasteiger partial charge in [0.1, 0.15) is 6.04 Å². The fourth-order valence-electron chi connectivity index (χ4n) is 2.84. The molecule has 0 radical (unpaired) electrons. The van der Waals surface area contributed by atoms with Crippen LogP contribution in [0.25, 0.3) is 0 Å². The predicted molar refractivity (Wildman–Crippen MR) is 114 cm³/mol. The molecule has 0 aliphatic heterocycles. The number of nitrogens with one attached hydrogen (secondary N) is 1. The summed E-state index contributed by atoms with van der Waals surface area (Å²) in [5.74, 6) is -0.245. The van der Waals surface area contributed by atoms with Gasteiger partial charge in [0, 0.05) is 13.6 Å². The van der Waals surface area contributed by atoms with Gasteiger partial charge in [-0.2, -0.15) is 24.9 Å². The Hall–Kier alpha value is -2.19. The zero-order valence-electron chi connectivity index (χ0n) is 16.5. The topological polar surface area (TPSA) is 49.4 Å². The highest BCUT2D eigenvalue weighted by Crippen LogP contribution is 2.29. The first-order valence-corrected chi connectivity index (χ1v) is 10.9. The minimum atomic E-state index is -4.46. The van der Waals surface area contributed by atoms with E-state index in [1.807, 2.05) is 6.26 Å². The summed E-state index contributed by atoms with van der Waals surface area (Å²) in [7, 11) is 1.50. The smallest absolute Gasteiger partial charge is 0.340 e. The number of amides is 2. The fraction of sp³-hybridized carbons (Fsp3) is 0.333. The SMILES string of the molecule is CSCCC(NC(=O)c1ccccc1Cl)C(=O)N(C)Cc1cccc(C(F)(F)F)c1. The Kier molecular flexibility index (Phi) is 8.61. The van der Waals surface area contributed by atoms with Gasteiger partial charge in [-0.25, -0.2) is 0 Å². The minimum absolute atomic E-state index is 0.0134. The van der Waals surface area contributed by atoms with E-state index in [0.717, 1.165) is 12.1 Å². The molecule has 0 bridgehead atoms. The summed E-state index contributed by atoms with van der Waals surface area (Å²) >= 11 is 7.58. The van der Waals surface area contributed by atoms with Crippen LogP contribution in [0, 0.1) is 0 Å². The molecule has 2 aromatic rings. The number of rotatable bonds is 8. The van der Waals surface area contributed by atoms with Gasteiger partial charge in [0.2, 0.25) is 5.91 Å². The number of nitrogens with zero attached hydrogens (tertiary/aromatic N) is 1. The van der Waals surface area contributed by atoms with Gasteiger partial charge in [-0.15, -0.1) is 0 Å². The Labute approximate surface area is 182 Å². The van der Waals surface area contributed by atoms with Crippen molar-refractivity contribution in [2.24, 2.45) is 0 Å². The standard InChI is InChI=1S/C21H22ClF3N2O2S/c1-27(13-14-6-5-7-15(12-14)21(23,24)25)20(29)18(10-11-30-2)26-19(28)16-8-3-4-9-17(16)22/h3-9,12,18H,10-11,13H2,1-2H3,(H,26,28). The monoisotopic (exact) mass is 458 g/mol. The van der Waals surface area contributed by atoms with Crippen LogP contribution in [0.3, 0.4) is 0 Å². The van der Waals surface area contributed by atoms with Crippen molar-refractivity contribution in [1.82, 2.24) is 10.2 Å². The molecule has 2 aromatic carbocycles. The summed E-state index contributed by atoms with van der Waals surface area (Å²) in [5.41, 5.74) is -0.171. The van der Waals surface area contributed by atoms with E-state index >= 15 is 0 Å². The van der Waals surface area contributed by atoms with Gasteiger partial charge >= 0.3 is 6.18 Å². The molecule has 0 aromatic heterocycles. The molecule has 4 nitrogen and oxygen atoms in total. The van der Waals surface area contributed by atoms with Gasteiger partial charge in [0.25, 0.3) is 5.91 Å². The van der Waals surface area contributed by atoms with Crippen LogP contribution in [0.1, 0.15) is 27.9 Å². The average molecular weight is 459 g/mol. The first-order valence-electron chi connectivity index (χ1n) is 9.09. The lowest BCUT2D eigenvalue weighted by atomic mass is 10.1. The maximum atomic E-state index is 12.9. The van der Waals surface area contributed by atoms with Gasteiger partial charge in [0.15, 0.2) is 0 Å². The molecule has 0 spiro atoms. The van der Waals surface area contributed by atoms with Gasteiger partial charge in [0.05, 0.1) is 16.1 Å². The van der Waals surface area contributed by atoms with Crippen molar-refractivity contribution >= 4 is 35.2 Å². The number of carbonyl (C=O) groups is 2. The molecule has 0 heterocycles. The second kappa shape index (κ2) is 10.7. The van der Waals surface area contributed by atoms with E-state index in [2.05, 4.69) is 5.32 Å². The third kappa shape index (κ3) is 6.67. The van der Waals surface area contributed by atoms with Crippen molar-refractivity contribution < 1.29 is 22.8 Å². The minimum Gasteiger partial charge on any atom is -0.340 e. The van der Waals surface area contributed by atoms with Crippen molar-refractivity contribution in [1.29, 1.82) is 0 Å². The van der Waals surface area contributed by atoms with E-state index in [1.54, 1.807) is 24.3 Å². The molecule has 0 aliphatic carbocycles. The lowest BCUT2D eigenvalue weighted by Gasteiger charge is -2.25. The number of halogens is 4. The third-order valence-electron chi connectivity index (χ3n) is 4.38. The Balaban J connectivity index is 2.14. The van der Waals surface area contributed by atoms with Gasteiger partial charge < -0.3 is 10.2 Å². The molecule has 0 aliphatic rings. The summed E-state index contributed by atoms with van der Waals surface area (Å²) in [6.07, 6.45) is -2.20. The van der Waals surface area contributed by atoms with Crippen molar-refractivity contribution in [2.45, 2.75) is 25.2 Å². The van der Waals surface area contributed by atoms with E-state index in [0.29, 0.717) is 17.7 Å². The number of alkyl halides is 3. The van der Waals surface area contributed by atoms with Gasteiger partial charge in [-0.3, -0.25) is 9.59 Å². The molecule has 1 N–H and O–H groups in total. The molecular weight excluding hydrogens is 437 g/mol. The van der Waals surface area contributed by atoms with Crippen LogP contribution in [-0.4, -0.2) is 41.8 Å². The molecule has 0 fully saturated rings. The normalized spacial score (nSPS) is 12.3. The molecule has 2 rings (SSSR count). The highest BCUT2D eigenvalue weighted by Gasteiger charge is 2.31. The zero-order chi connectivity index (χ0) is 22.3. The van der Waals surface area contributed by atoms with Gasteiger partial charge in [-0.1, -0.05) is 35.9 Å². The van der Waals surface area contributed by atoms with Crippen molar-refractivity contribution in [3.8, 4) is 0 Å². The zero-order valence-corrected chi connectivity index (χ0v) is 18.1. The number of hydrogen-bond donors (Lipinski definition) is 1. The molecular formula is C21H22ClF3N2O2S. The third-order valence-corrected chi connectivity index (χ3v) is 5.36. The van der Waals surface area contributed by atoms with Crippen molar-refractivity contribution in [3.05, 3.63) is 70.2 Å². The summed E-state index contributed by atoms with van der Waals surface area (Å²) in [4.78, 5) is 26.8. The molecule has 1 atom stereocenters. The van der Waals surface area contributed by atoms with E-state index in [1.165, 1.54) is 35.8 Å². The number of thioether (sulfide) groups is 1. The molecule has 162 valence electrons. The largest absolute Gasteiger partial charge is 0.416 e. The average Bonchev–Trinajstić information content (AvgIpc) is 2.70. The Morgan fingerprint density at radius 3 is 2.50 bits per heavy atom. The van der Waals surface area contributed by atoms with Crippen LogP contribution in [0.15, 0.2) is 48.5 Å². The van der Waals surface area contributed by atoms with Crippen molar-refractivity contribution in [2.75, 3.05) is 19.1 Å². The van der Waals surface area contributed by atoms with E-state index in [-0.39, 0.29) is 23.0 Å². The maximum Gasteiger partial charge on any atom is 0.416 e. The lowest BCUT2D eigenvalue weighted by molar-refractivity contribution is -0.137. The van der Waals surface area contributed by atoms with Crippen LogP contribution < -0.4 is 5.32 Å². The van der Waals surface area contributed by atoms with Crippen LogP contribution in [0.5, 0.6) is 0 Å². The van der Waals surface area contributed by atoms with E-state index in [4.69, 9.17) is 11.6 Å². The molecule has 1 unspecified atom stereocenters.